The number of H-pyrrole nitrogens is 1. The molecule has 2 aromatic rings. The maximum absolute atomic E-state index is 12.5. The summed E-state index contributed by atoms with van der Waals surface area (Å²) in [6.07, 6.45) is 4.53. The largest absolute Gasteiger partial charge is 0.465 e. The van der Waals surface area contributed by atoms with Crippen LogP contribution >= 0.6 is 0 Å². The molecular formula is C12H15N3O3S. The Kier molecular flexibility index (Phi) is 2.94. The lowest BCUT2D eigenvalue weighted by atomic mass is 10.4. The van der Waals surface area contributed by atoms with Crippen molar-refractivity contribution >= 4 is 10.0 Å². The van der Waals surface area contributed by atoms with E-state index in [9.17, 15) is 8.42 Å². The first-order valence-electron chi connectivity index (χ1n) is 6.13. The lowest BCUT2D eigenvalue weighted by molar-refractivity contribution is 0.352. The summed E-state index contributed by atoms with van der Waals surface area (Å²) >= 11 is 0. The average Bonchev–Trinajstić information content (AvgIpc) is 2.89. The van der Waals surface area contributed by atoms with Gasteiger partial charge in [0.2, 0.25) is 10.0 Å². The molecule has 0 aliphatic heterocycles. The van der Waals surface area contributed by atoms with E-state index in [1.54, 1.807) is 0 Å². The van der Waals surface area contributed by atoms with Crippen molar-refractivity contribution in [3.8, 4) is 0 Å². The quantitative estimate of drug-likeness (QED) is 0.904. The first kappa shape index (κ1) is 12.4. The molecule has 7 heteroatoms. The van der Waals surface area contributed by atoms with Crippen LogP contribution in [0.25, 0.3) is 0 Å². The summed E-state index contributed by atoms with van der Waals surface area (Å²) in [6, 6.07) is 3.73. The smallest absolute Gasteiger partial charge is 0.246 e. The van der Waals surface area contributed by atoms with Crippen LogP contribution in [0.5, 0.6) is 0 Å². The van der Waals surface area contributed by atoms with E-state index in [4.69, 9.17) is 4.42 Å². The van der Waals surface area contributed by atoms with Gasteiger partial charge in [-0.15, -0.1) is 0 Å². The van der Waals surface area contributed by atoms with E-state index < -0.39 is 10.0 Å². The number of aromatic nitrogens is 2. The first-order chi connectivity index (χ1) is 9.07. The van der Waals surface area contributed by atoms with Crippen molar-refractivity contribution in [2.75, 3.05) is 0 Å². The van der Waals surface area contributed by atoms with Crippen molar-refractivity contribution in [2.45, 2.75) is 37.2 Å². The number of furan rings is 1. The van der Waals surface area contributed by atoms with Crippen LogP contribution in [0.3, 0.4) is 0 Å². The summed E-state index contributed by atoms with van der Waals surface area (Å²) in [5.41, 5.74) is 0. The van der Waals surface area contributed by atoms with E-state index in [1.165, 1.54) is 16.7 Å². The molecule has 1 fully saturated rings. The summed E-state index contributed by atoms with van der Waals surface area (Å²) < 4.78 is 32.0. The number of nitrogens with one attached hydrogen (secondary N) is 1. The van der Waals surface area contributed by atoms with Gasteiger partial charge < -0.3 is 4.42 Å². The molecule has 0 atom stereocenters. The van der Waals surface area contributed by atoms with Crippen LogP contribution in [-0.4, -0.2) is 29.0 Å². The third-order valence-corrected chi connectivity index (χ3v) is 5.01. The minimum Gasteiger partial charge on any atom is -0.465 e. The standard InChI is InChI=1S/C12H15N3O3S/c1-9-2-5-11(18-9)8-15(10-3-4-10)19(16,17)12-6-13-14-7-12/h2,5-7,10H,3-4,8H2,1H3,(H,13,14). The van der Waals surface area contributed by atoms with Crippen LogP contribution in [0.1, 0.15) is 24.4 Å². The molecule has 0 unspecified atom stereocenters. The normalized spacial score (nSPS) is 16.1. The Morgan fingerprint density at radius 1 is 1.47 bits per heavy atom. The molecular weight excluding hydrogens is 266 g/mol. The third-order valence-electron chi connectivity index (χ3n) is 3.14. The van der Waals surface area contributed by atoms with Crippen LogP contribution in [0.2, 0.25) is 0 Å². The minimum absolute atomic E-state index is 0.0744. The molecule has 1 N–H and O–H groups in total. The molecule has 1 saturated carbocycles. The van der Waals surface area contributed by atoms with Gasteiger partial charge in [0.15, 0.2) is 0 Å². The number of hydrogen-bond donors (Lipinski definition) is 1. The molecule has 102 valence electrons. The second kappa shape index (κ2) is 4.50. The zero-order valence-electron chi connectivity index (χ0n) is 10.5. The predicted molar refractivity (Wildman–Crippen MR) is 67.8 cm³/mol. The van der Waals surface area contributed by atoms with E-state index in [2.05, 4.69) is 10.2 Å². The minimum atomic E-state index is -3.50. The Hall–Kier alpha value is -1.60. The van der Waals surface area contributed by atoms with E-state index in [1.807, 2.05) is 19.1 Å². The molecule has 0 spiro atoms. The number of rotatable bonds is 5. The highest BCUT2D eigenvalue weighted by molar-refractivity contribution is 7.89. The van der Waals surface area contributed by atoms with E-state index in [0.29, 0.717) is 5.76 Å². The predicted octanol–water partition coefficient (Wildman–Crippen LogP) is 1.66. The van der Waals surface area contributed by atoms with Gasteiger partial charge in [0.1, 0.15) is 16.4 Å². The van der Waals surface area contributed by atoms with E-state index in [-0.39, 0.29) is 17.5 Å². The fraction of sp³-hybridized carbons (Fsp3) is 0.417. The van der Waals surface area contributed by atoms with Gasteiger partial charge in [0.05, 0.1) is 12.7 Å². The lowest BCUT2D eigenvalue weighted by Gasteiger charge is -2.19. The van der Waals surface area contributed by atoms with Crippen molar-refractivity contribution < 1.29 is 12.8 Å². The summed E-state index contributed by atoms with van der Waals surface area (Å²) in [6.45, 7) is 2.11. The van der Waals surface area contributed by atoms with Crippen LogP contribution in [0, 0.1) is 6.92 Å². The molecule has 6 nitrogen and oxygen atoms in total. The maximum atomic E-state index is 12.5. The topological polar surface area (TPSA) is 79.2 Å². The number of nitrogens with zero attached hydrogens (tertiary/aromatic N) is 2. The van der Waals surface area contributed by atoms with Gasteiger partial charge in [-0.2, -0.15) is 9.40 Å². The summed E-state index contributed by atoms with van der Waals surface area (Å²) in [5, 5.41) is 6.25. The summed E-state index contributed by atoms with van der Waals surface area (Å²) in [5.74, 6) is 1.45. The molecule has 0 aromatic carbocycles. The first-order valence-corrected chi connectivity index (χ1v) is 7.57. The molecule has 1 aliphatic carbocycles. The third kappa shape index (κ3) is 2.43. The van der Waals surface area contributed by atoms with Crippen molar-refractivity contribution in [3.63, 3.8) is 0 Å². The molecule has 0 radical (unpaired) electrons. The zero-order valence-corrected chi connectivity index (χ0v) is 11.4. The second-order valence-corrected chi connectivity index (χ2v) is 6.62. The lowest BCUT2D eigenvalue weighted by Crippen LogP contribution is -2.32. The zero-order chi connectivity index (χ0) is 13.5. The van der Waals surface area contributed by atoms with Gasteiger partial charge in [-0.3, -0.25) is 5.10 Å². The second-order valence-electron chi connectivity index (χ2n) is 4.73. The fourth-order valence-corrected chi connectivity index (χ4v) is 3.57. The van der Waals surface area contributed by atoms with Gasteiger partial charge in [0.25, 0.3) is 0 Å². The van der Waals surface area contributed by atoms with Crippen molar-refractivity contribution in [1.82, 2.24) is 14.5 Å². The maximum Gasteiger partial charge on any atom is 0.246 e. The number of aromatic amines is 1. The Bertz CT molecular complexity index is 656. The fourth-order valence-electron chi connectivity index (χ4n) is 2.01. The molecule has 0 bridgehead atoms. The number of hydrogen-bond acceptors (Lipinski definition) is 4. The molecule has 1 aliphatic rings. The molecule has 2 heterocycles. The Morgan fingerprint density at radius 3 is 2.79 bits per heavy atom. The number of aryl methyl sites for hydroxylation is 1. The van der Waals surface area contributed by atoms with Crippen LogP contribution in [0.4, 0.5) is 0 Å². The van der Waals surface area contributed by atoms with Gasteiger partial charge in [-0.05, 0) is 31.9 Å². The Balaban J connectivity index is 1.89. The van der Waals surface area contributed by atoms with Crippen LogP contribution in [-0.2, 0) is 16.6 Å². The van der Waals surface area contributed by atoms with Crippen molar-refractivity contribution in [2.24, 2.45) is 0 Å². The highest BCUT2D eigenvalue weighted by Crippen LogP contribution is 2.33. The van der Waals surface area contributed by atoms with E-state index in [0.717, 1.165) is 18.6 Å². The van der Waals surface area contributed by atoms with Crippen molar-refractivity contribution in [1.29, 1.82) is 0 Å². The van der Waals surface area contributed by atoms with E-state index >= 15 is 0 Å². The summed E-state index contributed by atoms with van der Waals surface area (Å²) in [4.78, 5) is 0.197. The highest BCUT2D eigenvalue weighted by Gasteiger charge is 2.39. The molecule has 0 amide bonds. The molecule has 19 heavy (non-hydrogen) atoms. The Labute approximate surface area is 111 Å². The van der Waals surface area contributed by atoms with Gasteiger partial charge in [0, 0.05) is 12.2 Å². The van der Waals surface area contributed by atoms with Gasteiger partial charge >= 0.3 is 0 Å². The number of sulfonamides is 1. The monoisotopic (exact) mass is 281 g/mol. The molecule has 2 aromatic heterocycles. The average molecular weight is 281 g/mol. The van der Waals surface area contributed by atoms with Gasteiger partial charge in [-0.25, -0.2) is 8.42 Å². The van der Waals surface area contributed by atoms with Crippen molar-refractivity contribution in [3.05, 3.63) is 36.0 Å². The van der Waals surface area contributed by atoms with Gasteiger partial charge in [-0.1, -0.05) is 0 Å². The van der Waals surface area contributed by atoms with Crippen LogP contribution < -0.4 is 0 Å². The van der Waals surface area contributed by atoms with Crippen LogP contribution in [0.15, 0.2) is 33.8 Å². The highest BCUT2D eigenvalue weighted by atomic mass is 32.2. The SMILES string of the molecule is Cc1ccc(CN(C2CC2)S(=O)(=O)c2cn[nH]c2)o1. The molecule has 0 saturated heterocycles. The Morgan fingerprint density at radius 2 is 2.26 bits per heavy atom. The molecule has 3 rings (SSSR count). The summed E-state index contributed by atoms with van der Waals surface area (Å²) in [7, 11) is -3.50.